The van der Waals surface area contributed by atoms with Crippen LogP contribution in [0.5, 0.6) is 0 Å². The fourth-order valence-electron chi connectivity index (χ4n) is 3.94. The number of hydrogen-bond acceptors (Lipinski definition) is 3. The van der Waals surface area contributed by atoms with Crippen LogP contribution in [0.3, 0.4) is 0 Å². The highest BCUT2D eigenvalue weighted by Crippen LogP contribution is 2.22. The first-order valence-corrected chi connectivity index (χ1v) is 10.7. The molecule has 31 heavy (non-hydrogen) atoms. The maximum atomic E-state index is 12.9. The quantitative estimate of drug-likeness (QED) is 0.591. The second kappa shape index (κ2) is 9.58. The molecule has 0 bridgehead atoms. The second-order valence-electron chi connectivity index (χ2n) is 7.94. The van der Waals surface area contributed by atoms with Gasteiger partial charge in [0.2, 0.25) is 0 Å². The lowest BCUT2D eigenvalue weighted by Crippen LogP contribution is -2.19. The Kier molecular flexibility index (Phi) is 6.43. The Balaban J connectivity index is 1.47. The number of likely N-dealkylation sites (tertiary alicyclic amines) is 1. The first kappa shape index (κ1) is 20.8. The monoisotopic (exact) mass is 413 g/mol. The number of amides is 2. The molecule has 0 unspecified atom stereocenters. The third-order valence-electron chi connectivity index (χ3n) is 5.65. The second-order valence-corrected chi connectivity index (χ2v) is 7.94. The van der Waals surface area contributed by atoms with E-state index in [-0.39, 0.29) is 11.8 Å². The number of hydrogen-bond donors (Lipinski definition) is 2. The molecule has 5 nitrogen and oxygen atoms in total. The lowest BCUT2D eigenvalue weighted by Gasteiger charge is -2.16. The van der Waals surface area contributed by atoms with E-state index in [1.807, 2.05) is 61.5 Å². The van der Waals surface area contributed by atoms with Gasteiger partial charge in [-0.15, -0.1) is 0 Å². The van der Waals surface area contributed by atoms with Crippen molar-refractivity contribution in [1.82, 2.24) is 4.90 Å². The molecule has 0 saturated carbocycles. The molecular weight excluding hydrogens is 386 g/mol. The molecule has 0 aliphatic carbocycles. The summed E-state index contributed by atoms with van der Waals surface area (Å²) >= 11 is 0. The average Bonchev–Trinajstić information content (AvgIpc) is 3.29. The van der Waals surface area contributed by atoms with Crippen LogP contribution >= 0.6 is 0 Å². The molecule has 0 atom stereocenters. The van der Waals surface area contributed by atoms with Gasteiger partial charge in [0.25, 0.3) is 11.8 Å². The van der Waals surface area contributed by atoms with Crippen LogP contribution in [0.15, 0.2) is 72.8 Å². The molecule has 5 heteroatoms. The minimum atomic E-state index is -0.201. The smallest absolute Gasteiger partial charge is 0.256 e. The van der Waals surface area contributed by atoms with Crippen molar-refractivity contribution < 1.29 is 9.59 Å². The van der Waals surface area contributed by atoms with Crippen molar-refractivity contribution in [3.05, 3.63) is 95.1 Å². The summed E-state index contributed by atoms with van der Waals surface area (Å²) < 4.78 is 0. The first-order chi connectivity index (χ1) is 15.1. The topological polar surface area (TPSA) is 61.4 Å². The molecule has 0 radical (unpaired) electrons. The number of nitrogens with one attached hydrogen (secondary N) is 2. The first-order valence-electron chi connectivity index (χ1n) is 10.7. The van der Waals surface area contributed by atoms with Gasteiger partial charge < -0.3 is 10.6 Å². The molecule has 0 spiro atoms. The summed E-state index contributed by atoms with van der Waals surface area (Å²) in [7, 11) is 0. The van der Waals surface area contributed by atoms with Gasteiger partial charge in [0.1, 0.15) is 0 Å². The lowest BCUT2D eigenvalue weighted by molar-refractivity contribution is 0.101. The van der Waals surface area contributed by atoms with Crippen LogP contribution in [-0.4, -0.2) is 29.8 Å². The molecule has 1 aliphatic rings. The minimum absolute atomic E-state index is 0.174. The summed E-state index contributed by atoms with van der Waals surface area (Å²) in [6.07, 6.45) is 2.49. The van der Waals surface area contributed by atoms with Gasteiger partial charge in [0.15, 0.2) is 0 Å². The molecule has 1 fully saturated rings. The molecule has 2 amide bonds. The predicted molar refractivity (Wildman–Crippen MR) is 124 cm³/mol. The Morgan fingerprint density at radius 3 is 2.35 bits per heavy atom. The molecule has 0 aromatic heterocycles. The summed E-state index contributed by atoms with van der Waals surface area (Å²) in [6, 6.07) is 22.5. The lowest BCUT2D eigenvalue weighted by atomic mass is 10.0. The number of carbonyl (C=O) groups is 2. The number of rotatable bonds is 6. The molecule has 1 heterocycles. The van der Waals surface area contributed by atoms with Gasteiger partial charge in [-0.3, -0.25) is 14.5 Å². The zero-order valence-electron chi connectivity index (χ0n) is 17.7. The maximum Gasteiger partial charge on any atom is 0.256 e. The van der Waals surface area contributed by atoms with E-state index in [9.17, 15) is 9.59 Å². The third-order valence-corrected chi connectivity index (χ3v) is 5.65. The van der Waals surface area contributed by atoms with Gasteiger partial charge in [-0.1, -0.05) is 36.4 Å². The summed E-state index contributed by atoms with van der Waals surface area (Å²) in [5, 5.41) is 5.87. The zero-order valence-corrected chi connectivity index (χ0v) is 17.7. The normalized spacial score (nSPS) is 13.7. The van der Waals surface area contributed by atoms with Gasteiger partial charge in [0, 0.05) is 29.0 Å². The summed E-state index contributed by atoms with van der Waals surface area (Å²) in [6.45, 7) is 4.95. The molecule has 3 aromatic carbocycles. The Morgan fingerprint density at radius 1 is 0.839 bits per heavy atom. The standard InChI is InChI=1S/C26H27N3O2/c1-19-23(26(31)27-22-11-3-2-4-12-22)13-8-14-24(19)28-25(30)21-10-7-9-20(17-21)18-29-15-5-6-16-29/h2-4,7-14,17H,5-6,15-16,18H2,1H3,(H,27,31)(H,28,30). The van der Waals surface area contributed by atoms with Gasteiger partial charge >= 0.3 is 0 Å². The predicted octanol–water partition coefficient (Wildman–Crippen LogP) is 5.10. The van der Waals surface area contributed by atoms with Crippen LogP contribution in [0.4, 0.5) is 11.4 Å². The van der Waals surface area contributed by atoms with E-state index in [1.165, 1.54) is 12.8 Å². The zero-order chi connectivity index (χ0) is 21.6. The van der Waals surface area contributed by atoms with Crippen molar-refractivity contribution in [2.24, 2.45) is 0 Å². The fourth-order valence-corrected chi connectivity index (χ4v) is 3.94. The van der Waals surface area contributed by atoms with Crippen molar-refractivity contribution in [2.75, 3.05) is 23.7 Å². The largest absolute Gasteiger partial charge is 0.322 e. The van der Waals surface area contributed by atoms with Crippen molar-refractivity contribution >= 4 is 23.2 Å². The van der Waals surface area contributed by atoms with Gasteiger partial charge in [0.05, 0.1) is 0 Å². The van der Waals surface area contributed by atoms with Crippen molar-refractivity contribution in [3.63, 3.8) is 0 Å². The van der Waals surface area contributed by atoms with Crippen LogP contribution in [0, 0.1) is 6.92 Å². The molecule has 4 rings (SSSR count). The number of anilines is 2. The van der Waals surface area contributed by atoms with Gasteiger partial charge in [-0.2, -0.15) is 0 Å². The minimum Gasteiger partial charge on any atom is -0.322 e. The Labute approximate surface area is 183 Å². The maximum absolute atomic E-state index is 12.9. The van der Waals surface area contributed by atoms with E-state index in [0.29, 0.717) is 16.8 Å². The summed E-state index contributed by atoms with van der Waals surface area (Å²) in [5.41, 5.74) is 4.39. The highest BCUT2D eigenvalue weighted by Gasteiger charge is 2.16. The average molecular weight is 414 g/mol. The number of benzene rings is 3. The van der Waals surface area contributed by atoms with E-state index in [0.717, 1.165) is 36.4 Å². The van der Waals surface area contributed by atoms with E-state index in [1.54, 1.807) is 12.1 Å². The SMILES string of the molecule is Cc1c(NC(=O)c2cccc(CN3CCCC3)c2)cccc1C(=O)Nc1ccccc1. The number of carbonyl (C=O) groups excluding carboxylic acids is 2. The van der Waals surface area contributed by atoms with E-state index in [4.69, 9.17) is 0 Å². The Hall–Kier alpha value is -3.44. The molecule has 3 aromatic rings. The fraction of sp³-hybridized carbons (Fsp3) is 0.231. The molecule has 1 saturated heterocycles. The molecular formula is C26H27N3O2. The van der Waals surface area contributed by atoms with Crippen molar-refractivity contribution in [1.29, 1.82) is 0 Å². The molecule has 1 aliphatic heterocycles. The van der Waals surface area contributed by atoms with E-state index in [2.05, 4.69) is 21.6 Å². The highest BCUT2D eigenvalue weighted by atomic mass is 16.2. The van der Waals surface area contributed by atoms with Crippen LogP contribution < -0.4 is 10.6 Å². The molecule has 158 valence electrons. The van der Waals surface area contributed by atoms with Crippen molar-refractivity contribution in [2.45, 2.75) is 26.3 Å². The summed E-state index contributed by atoms with van der Waals surface area (Å²) in [4.78, 5) is 28.0. The number of para-hydroxylation sites is 1. The Bertz CT molecular complexity index is 1070. The highest BCUT2D eigenvalue weighted by molar-refractivity contribution is 6.08. The van der Waals surface area contributed by atoms with Crippen LogP contribution in [0.2, 0.25) is 0 Å². The van der Waals surface area contributed by atoms with E-state index < -0.39 is 0 Å². The van der Waals surface area contributed by atoms with Crippen LogP contribution in [0.1, 0.15) is 44.7 Å². The third kappa shape index (κ3) is 5.19. The van der Waals surface area contributed by atoms with Crippen molar-refractivity contribution in [3.8, 4) is 0 Å². The Morgan fingerprint density at radius 2 is 1.58 bits per heavy atom. The van der Waals surface area contributed by atoms with Gasteiger partial charge in [-0.05, 0) is 80.4 Å². The van der Waals surface area contributed by atoms with Crippen LogP contribution in [0.25, 0.3) is 0 Å². The van der Waals surface area contributed by atoms with Gasteiger partial charge in [-0.25, -0.2) is 0 Å². The van der Waals surface area contributed by atoms with Crippen LogP contribution in [-0.2, 0) is 6.54 Å². The molecule has 2 N–H and O–H groups in total. The number of nitrogens with zero attached hydrogens (tertiary/aromatic N) is 1. The summed E-state index contributed by atoms with van der Waals surface area (Å²) in [5.74, 6) is -0.376. The van der Waals surface area contributed by atoms with E-state index >= 15 is 0 Å².